The highest BCUT2D eigenvalue weighted by Gasteiger charge is 2.36. The zero-order chi connectivity index (χ0) is 14.4. The Hall–Kier alpha value is -0.650. The Bertz CT molecular complexity index is 303. The Kier molecular flexibility index (Phi) is 6.26. The van der Waals surface area contributed by atoms with Crippen LogP contribution < -0.4 is 5.73 Å². The fourth-order valence-electron chi connectivity index (χ4n) is 3.14. The summed E-state index contributed by atoms with van der Waals surface area (Å²) >= 11 is 0. The molecule has 116 valence electrons. The summed E-state index contributed by atoms with van der Waals surface area (Å²) in [7, 11) is 0. The summed E-state index contributed by atoms with van der Waals surface area (Å²) in [4.78, 5) is 14.5. The second-order valence-corrected chi connectivity index (χ2v) is 5.75. The van der Waals surface area contributed by atoms with Crippen molar-refractivity contribution in [1.29, 1.82) is 0 Å². The molecule has 0 aromatic carbocycles. The van der Waals surface area contributed by atoms with Crippen LogP contribution in [0.3, 0.4) is 0 Å². The van der Waals surface area contributed by atoms with Crippen LogP contribution >= 0.6 is 0 Å². The van der Waals surface area contributed by atoms with Gasteiger partial charge in [-0.2, -0.15) is 0 Å². The minimum atomic E-state index is 0.0784. The number of hydrogen-bond donors (Lipinski definition) is 1. The van der Waals surface area contributed by atoms with Crippen molar-refractivity contribution in [3.05, 3.63) is 0 Å². The number of likely N-dealkylation sites (tertiary alicyclic amines) is 1. The van der Waals surface area contributed by atoms with E-state index in [1.807, 2.05) is 4.90 Å². The molecule has 5 heteroatoms. The first-order chi connectivity index (χ1) is 9.76. The maximum absolute atomic E-state index is 12.5. The Morgan fingerprint density at radius 3 is 2.75 bits per heavy atom. The van der Waals surface area contributed by atoms with E-state index in [0.717, 1.165) is 58.4 Å². The maximum atomic E-state index is 12.5. The number of rotatable bonds is 6. The summed E-state index contributed by atoms with van der Waals surface area (Å²) in [5.74, 6) is 0.365. The second kappa shape index (κ2) is 7.96. The van der Waals surface area contributed by atoms with Crippen LogP contribution in [0.2, 0.25) is 0 Å². The molecule has 2 saturated heterocycles. The molecule has 2 rings (SSSR count). The molecule has 2 atom stereocenters. The summed E-state index contributed by atoms with van der Waals surface area (Å²) in [5.41, 5.74) is 5.46. The van der Waals surface area contributed by atoms with Gasteiger partial charge in [0.1, 0.15) is 0 Å². The van der Waals surface area contributed by atoms with E-state index in [-0.39, 0.29) is 17.9 Å². The minimum Gasteiger partial charge on any atom is -0.378 e. The molecule has 2 unspecified atom stereocenters. The average molecular weight is 284 g/mol. The summed E-state index contributed by atoms with van der Waals surface area (Å²) < 4.78 is 11.4. The second-order valence-electron chi connectivity index (χ2n) is 5.75. The highest BCUT2D eigenvalue weighted by molar-refractivity contribution is 5.79. The first-order valence-corrected chi connectivity index (χ1v) is 7.98. The van der Waals surface area contributed by atoms with Crippen molar-refractivity contribution in [3.8, 4) is 0 Å². The van der Waals surface area contributed by atoms with Crippen molar-refractivity contribution in [1.82, 2.24) is 4.90 Å². The lowest BCUT2D eigenvalue weighted by Crippen LogP contribution is -2.45. The monoisotopic (exact) mass is 284 g/mol. The SMILES string of the molecule is CCC1OCCC1C(=O)N1CCC(OCCCN)CC1. The van der Waals surface area contributed by atoms with Crippen LogP contribution in [0.5, 0.6) is 0 Å². The molecule has 0 radical (unpaired) electrons. The third-order valence-corrected chi connectivity index (χ3v) is 4.38. The van der Waals surface area contributed by atoms with Gasteiger partial charge in [0.15, 0.2) is 0 Å². The predicted octanol–water partition coefficient (Wildman–Crippen LogP) is 1.16. The first-order valence-electron chi connectivity index (χ1n) is 7.98. The zero-order valence-electron chi connectivity index (χ0n) is 12.6. The van der Waals surface area contributed by atoms with Gasteiger partial charge in [0.25, 0.3) is 0 Å². The molecule has 0 aromatic rings. The number of piperidine rings is 1. The van der Waals surface area contributed by atoms with Crippen molar-refractivity contribution >= 4 is 5.91 Å². The van der Waals surface area contributed by atoms with E-state index in [2.05, 4.69) is 6.92 Å². The molecule has 0 aromatic heterocycles. The predicted molar refractivity (Wildman–Crippen MR) is 77.4 cm³/mol. The molecule has 20 heavy (non-hydrogen) atoms. The van der Waals surface area contributed by atoms with E-state index in [0.29, 0.717) is 12.6 Å². The molecule has 2 aliphatic rings. The number of carbonyl (C=O) groups is 1. The van der Waals surface area contributed by atoms with Crippen molar-refractivity contribution < 1.29 is 14.3 Å². The van der Waals surface area contributed by atoms with Crippen LogP contribution in [0.25, 0.3) is 0 Å². The fourth-order valence-corrected chi connectivity index (χ4v) is 3.14. The van der Waals surface area contributed by atoms with Crippen LogP contribution in [0, 0.1) is 5.92 Å². The number of hydrogen-bond acceptors (Lipinski definition) is 4. The van der Waals surface area contributed by atoms with Crippen LogP contribution in [0.15, 0.2) is 0 Å². The van der Waals surface area contributed by atoms with E-state index < -0.39 is 0 Å². The molecule has 5 nitrogen and oxygen atoms in total. The molecule has 0 bridgehead atoms. The molecular formula is C15H28N2O3. The quantitative estimate of drug-likeness (QED) is 0.743. The van der Waals surface area contributed by atoms with E-state index in [1.165, 1.54) is 0 Å². The first kappa shape index (κ1) is 15.7. The molecule has 2 fully saturated rings. The van der Waals surface area contributed by atoms with Gasteiger partial charge in [0, 0.05) is 26.3 Å². The van der Waals surface area contributed by atoms with Gasteiger partial charge in [0.05, 0.1) is 18.1 Å². The number of nitrogens with zero attached hydrogens (tertiary/aromatic N) is 1. The summed E-state index contributed by atoms with van der Waals surface area (Å²) in [6, 6.07) is 0. The van der Waals surface area contributed by atoms with Gasteiger partial charge < -0.3 is 20.1 Å². The van der Waals surface area contributed by atoms with Crippen molar-refractivity contribution in [2.75, 3.05) is 32.8 Å². The van der Waals surface area contributed by atoms with E-state index >= 15 is 0 Å². The smallest absolute Gasteiger partial charge is 0.228 e. The van der Waals surface area contributed by atoms with Crippen molar-refractivity contribution in [2.24, 2.45) is 11.7 Å². The fraction of sp³-hybridized carbons (Fsp3) is 0.933. The van der Waals surface area contributed by atoms with Crippen LogP contribution in [0.1, 0.15) is 39.0 Å². The minimum absolute atomic E-state index is 0.0784. The molecule has 1 amide bonds. The topological polar surface area (TPSA) is 64.8 Å². The molecule has 2 aliphatic heterocycles. The van der Waals surface area contributed by atoms with Gasteiger partial charge >= 0.3 is 0 Å². The molecule has 0 aliphatic carbocycles. The Labute approximate surface area is 121 Å². The standard InChI is InChI=1S/C15H28N2O3/c1-2-14-13(6-11-20-14)15(18)17-8-4-12(5-9-17)19-10-3-7-16/h12-14H,2-11,16H2,1H3. The highest BCUT2D eigenvalue weighted by Crippen LogP contribution is 2.27. The number of nitrogens with two attached hydrogens (primary N) is 1. The Morgan fingerprint density at radius 2 is 2.10 bits per heavy atom. The van der Waals surface area contributed by atoms with E-state index in [4.69, 9.17) is 15.2 Å². The van der Waals surface area contributed by atoms with E-state index in [9.17, 15) is 4.79 Å². The maximum Gasteiger partial charge on any atom is 0.228 e. The van der Waals surface area contributed by atoms with Gasteiger partial charge in [-0.25, -0.2) is 0 Å². The highest BCUT2D eigenvalue weighted by atomic mass is 16.5. The molecule has 2 N–H and O–H groups in total. The molecule has 2 heterocycles. The largest absolute Gasteiger partial charge is 0.378 e. The summed E-state index contributed by atoms with van der Waals surface area (Å²) in [6.07, 6.45) is 5.03. The van der Waals surface area contributed by atoms with Crippen molar-refractivity contribution in [2.45, 2.75) is 51.2 Å². The molecule has 0 spiro atoms. The third-order valence-electron chi connectivity index (χ3n) is 4.38. The van der Waals surface area contributed by atoms with Gasteiger partial charge in [0.2, 0.25) is 5.91 Å². The lowest BCUT2D eigenvalue weighted by atomic mass is 9.96. The summed E-state index contributed by atoms with van der Waals surface area (Å²) in [5, 5.41) is 0. The van der Waals surface area contributed by atoms with Crippen LogP contribution in [-0.4, -0.2) is 55.9 Å². The normalized spacial score (nSPS) is 28.0. The summed E-state index contributed by atoms with van der Waals surface area (Å²) in [6.45, 7) is 5.88. The average Bonchev–Trinajstić information content (AvgIpc) is 2.96. The lowest BCUT2D eigenvalue weighted by molar-refractivity contribution is -0.140. The molecule has 0 saturated carbocycles. The number of ether oxygens (including phenoxy) is 2. The van der Waals surface area contributed by atoms with Crippen LogP contribution in [0.4, 0.5) is 0 Å². The van der Waals surface area contributed by atoms with Gasteiger partial charge in [-0.3, -0.25) is 4.79 Å². The number of amides is 1. The zero-order valence-corrected chi connectivity index (χ0v) is 12.6. The van der Waals surface area contributed by atoms with Crippen LogP contribution in [-0.2, 0) is 14.3 Å². The Balaban J connectivity index is 1.74. The van der Waals surface area contributed by atoms with E-state index in [1.54, 1.807) is 0 Å². The molecular weight excluding hydrogens is 256 g/mol. The number of carbonyl (C=O) groups excluding carboxylic acids is 1. The Morgan fingerprint density at radius 1 is 1.35 bits per heavy atom. The lowest BCUT2D eigenvalue weighted by Gasteiger charge is -2.34. The van der Waals surface area contributed by atoms with Gasteiger partial charge in [-0.15, -0.1) is 0 Å². The van der Waals surface area contributed by atoms with Gasteiger partial charge in [-0.1, -0.05) is 6.92 Å². The van der Waals surface area contributed by atoms with Gasteiger partial charge in [-0.05, 0) is 38.6 Å². The van der Waals surface area contributed by atoms with Crippen molar-refractivity contribution in [3.63, 3.8) is 0 Å². The third kappa shape index (κ3) is 3.93.